The highest BCUT2D eigenvalue weighted by atomic mass is 16.5. The molecule has 1 aliphatic carbocycles. The fraction of sp³-hybridized carbons (Fsp3) is 0.0769. The number of ether oxygens (including phenoxy) is 1. The molecule has 0 bridgehead atoms. The van der Waals surface area contributed by atoms with Crippen molar-refractivity contribution < 1.29 is 17.1 Å². The summed E-state index contributed by atoms with van der Waals surface area (Å²) < 4.78 is 85.1. The molecule has 2 aliphatic heterocycles. The maximum atomic E-state index is 9.25. The first kappa shape index (κ1) is 16.4. The lowest BCUT2D eigenvalue weighted by Crippen LogP contribution is -2.59. The number of fused-ring (bicyclic) bond motifs is 7. The molecule has 2 nitrogen and oxygen atoms in total. The summed E-state index contributed by atoms with van der Waals surface area (Å²) in [6, 6.07) is 21.9. The van der Waals surface area contributed by atoms with Gasteiger partial charge in [0.15, 0.2) is 0 Å². The highest BCUT2D eigenvalue weighted by Crippen LogP contribution is 2.49. The van der Waals surface area contributed by atoms with Crippen LogP contribution in [0.3, 0.4) is 0 Å². The molecule has 0 saturated heterocycles. The molecule has 0 atom stereocenters. The van der Waals surface area contributed by atoms with E-state index in [1.807, 2.05) is 18.2 Å². The van der Waals surface area contributed by atoms with Gasteiger partial charge in [0.1, 0.15) is 11.5 Å². The van der Waals surface area contributed by atoms with E-state index in [4.69, 9.17) is 15.7 Å². The van der Waals surface area contributed by atoms with Crippen LogP contribution in [0, 0.1) is 0 Å². The van der Waals surface area contributed by atoms with Crippen molar-refractivity contribution in [2.45, 2.75) is 19.3 Å². The fourth-order valence-electron chi connectivity index (χ4n) is 7.04. The molecule has 2 heterocycles. The van der Waals surface area contributed by atoms with Gasteiger partial charge in [-0.25, -0.2) is 0 Å². The molecule has 0 saturated carbocycles. The first-order valence-corrected chi connectivity index (χ1v) is 14.0. The van der Waals surface area contributed by atoms with Crippen LogP contribution in [-0.4, -0.2) is 6.71 Å². The zero-order chi connectivity index (χ0) is 35.8. The molecule has 0 unspecified atom stereocenters. The maximum absolute atomic E-state index is 9.25. The topological polar surface area (TPSA) is 12.5 Å². The second-order valence-corrected chi connectivity index (χ2v) is 11.5. The predicted octanol–water partition coefficient (Wildman–Crippen LogP) is 8.07. The molecular formula is C39H28BNO. The largest absolute Gasteiger partial charge is 0.458 e. The van der Waals surface area contributed by atoms with Crippen LogP contribution in [0.2, 0.25) is 0 Å². The van der Waals surface area contributed by atoms with Gasteiger partial charge in [0.25, 0.3) is 6.71 Å². The van der Waals surface area contributed by atoms with E-state index in [1.165, 1.54) is 27.2 Å². The maximum Gasteiger partial charge on any atom is 0.256 e. The van der Waals surface area contributed by atoms with Crippen LogP contribution in [0.15, 0.2) is 133 Å². The molecule has 0 fully saturated rings. The third-order valence-electron chi connectivity index (χ3n) is 8.95. The van der Waals surface area contributed by atoms with Gasteiger partial charge in [-0.3, -0.25) is 0 Å². The molecule has 3 aliphatic rings. The summed E-state index contributed by atoms with van der Waals surface area (Å²) in [5.74, 6) is 0.986. The van der Waals surface area contributed by atoms with E-state index in [0.29, 0.717) is 28.1 Å². The van der Waals surface area contributed by atoms with Crippen molar-refractivity contribution in [2.24, 2.45) is 0 Å². The lowest BCUT2D eigenvalue weighted by atomic mass is 9.34. The number of anilines is 3. The van der Waals surface area contributed by atoms with Crippen LogP contribution in [0.25, 0.3) is 22.3 Å². The summed E-state index contributed by atoms with van der Waals surface area (Å²) in [4.78, 5) is 1.39. The van der Waals surface area contributed by atoms with Crippen LogP contribution in [0.4, 0.5) is 17.1 Å². The number of hydrogen-bond donors (Lipinski definition) is 0. The molecule has 0 amide bonds. The second-order valence-electron chi connectivity index (χ2n) is 11.5. The van der Waals surface area contributed by atoms with Gasteiger partial charge < -0.3 is 9.64 Å². The minimum absolute atomic E-state index is 0.0313. The smallest absolute Gasteiger partial charge is 0.256 e. The Kier molecular flexibility index (Phi) is 3.33. The molecule has 3 heteroatoms. The second kappa shape index (κ2) is 8.50. The first-order valence-electron chi connectivity index (χ1n) is 18.5. The van der Waals surface area contributed by atoms with Crippen LogP contribution >= 0.6 is 0 Å². The van der Waals surface area contributed by atoms with Gasteiger partial charge in [0.05, 0.1) is 12.3 Å². The SMILES string of the molecule is [2H]c1c([2H])c([2H])c(N2c3cccc4c3B(c3cc(-c5ccc6c(c5)-c5ccccc5C6(C)C)ccc3O4)c3c([2H])c([2H])c([2H])c([2H])c32)c([2H])c1[2H]. The van der Waals surface area contributed by atoms with Crippen molar-refractivity contribution in [3.63, 3.8) is 0 Å². The Morgan fingerprint density at radius 1 is 0.643 bits per heavy atom. The number of para-hydroxylation sites is 2. The Hall–Kier alpha value is -5.02. The molecular weight excluding hydrogens is 509 g/mol. The molecule has 9 rings (SSSR count). The fourth-order valence-corrected chi connectivity index (χ4v) is 7.04. The van der Waals surface area contributed by atoms with Crippen molar-refractivity contribution in [1.29, 1.82) is 0 Å². The monoisotopic (exact) mass is 546 g/mol. The third-order valence-corrected chi connectivity index (χ3v) is 8.95. The van der Waals surface area contributed by atoms with E-state index in [1.54, 1.807) is 18.2 Å². The van der Waals surface area contributed by atoms with Gasteiger partial charge >= 0.3 is 0 Å². The molecule has 6 aromatic carbocycles. The van der Waals surface area contributed by atoms with E-state index < -0.39 is 49.0 Å². The van der Waals surface area contributed by atoms with Gasteiger partial charge in [0.2, 0.25) is 0 Å². The van der Waals surface area contributed by atoms with Crippen molar-refractivity contribution in [3.05, 3.63) is 144 Å². The molecule has 0 radical (unpaired) electrons. The summed E-state index contributed by atoms with van der Waals surface area (Å²) in [6.07, 6.45) is 0. The Bertz CT molecular complexity index is 2540. The lowest BCUT2D eigenvalue weighted by molar-refractivity contribution is 0.487. The number of hydrogen-bond acceptors (Lipinski definition) is 2. The number of rotatable bonds is 2. The zero-order valence-corrected chi connectivity index (χ0v) is 22.9. The van der Waals surface area contributed by atoms with Crippen LogP contribution in [0.1, 0.15) is 37.3 Å². The quantitative estimate of drug-likeness (QED) is 0.203. The Morgan fingerprint density at radius 3 is 2.31 bits per heavy atom. The lowest BCUT2D eigenvalue weighted by Gasteiger charge is -2.40. The van der Waals surface area contributed by atoms with Crippen LogP contribution in [0.5, 0.6) is 11.5 Å². The molecule has 6 aromatic rings. The summed E-state index contributed by atoms with van der Waals surface area (Å²) in [5.41, 5.74) is 8.36. The summed E-state index contributed by atoms with van der Waals surface area (Å²) >= 11 is 0. The van der Waals surface area contributed by atoms with Crippen molar-refractivity contribution in [2.75, 3.05) is 4.90 Å². The van der Waals surface area contributed by atoms with Crippen LogP contribution in [-0.2, 0) is 5.41 Å². The predicted molar refractivity (Wildman–Crippen MR) is 175 cm³/mol. The molecule has 0 N–H and O–H groups in total. The van der Waals surface area contributed by atoms with Gasteiger partial charge in [-0.1, -0.05) is 105 Å². The minimum atomic E-state index is -0.716. The van der Waals surface area contributed by atoms with Crippen molar-refractivity contribution in [3.8, 4) is 33.8 Å². The van der Waals surface area contributed by atoms with Crippen LogP contribution < -0.4 is 26.0 Å². The Morgan fingerprint density at radius 2 is 1.40 bits per heavy atom. The van der Waals surface area contributed by atoms with E-state index in [-0.39, 0.29) is 34.3 Å². The van der Waals surface area contributed by atoms with Gasteiger partial charge in [0, 0.05) is 22.5 Å². The Labute approximate surface area is 259 Å². The number of nitrogens with zero attached hydrogens (tertiary/aromatic N) is 1. The van der Waals surface area contributed by atoms with Crippen molar-refractivity contribution >= 4 is 40.2 Å². The highest BCUT2D eigenvalue weighted by Gasteiger charge is 2.41. The van der Waals surface area contributed by atoms with Crippen molar-refractivity contribution in [1.82, 2.24) is 0 Å². The normalized spacial score (nSPS) is 17.7. The highest BCUT2D eigenvalue weighted by molar-refractivity contribution is 6.99. The summed E-state index contributed by atoms with van der Waals surface area (Å²) in [6.45, 7) is 3.75. The number of benzene rings is 6. The third kappa shape index (κ3) is 3.17. The van der Waals surface area contributed by atoms with E-state index >= 15 is 0 Å². The summed E-state index contributed by atoms with van der Waals surface area (Å²) in [5, 5.41) is 0. The van der Waals surface area contributed by atoms with E-state index in [9.17, 15) is 1.37 Å². The van der Waals surface area contributed by atoms with Gasteiger partial charge in [-0.2, -0.15) is 0 Å². The first-order chi connectivity index (χ1) is 24.3. The molecule has 0 spiro atoms. The molecule has 42 heavy (non-hydrogen) atoms. The molecule has 0 aromatic heterocycles. The average Bonchev–Trinajstić information content (AvgIpc) is 3.37. The Balaban J connectivity index is 1.31. The van der Waals surface area contributed by atoms with Gasteiger partial charge in [-0.15, -0.1) is 0 Å². The summed E-state index contributed by atoms with van der Waals surface area (Å²) in [7, 11) is 0. The average molecular weight is 547 g/mol. The van der Waals surface area contributed by atoms with E-state index in [2.05, 4.69) is 56.3 Å². The van der Waals surface area contributed by atoms with E-state index in [0.717, 1.165) is 11.1 Å². The van der Waals surface area contributed by atoms with Gasteiger partial charge in [-0.05, 0) is 92.2 Å². The standard InChI is InChI=1S/C39H28BNO/c1-39(2)30-14-7-6-13-28(30)29-23-25(19-21-31(29)39)26-20-22-36-33(24-26)40-32-15-8-9-16-34(32)41(27-11-4-3-5-12-27)35-17-10-18-37(42-36)38(35)40/h3-24H,1-2H3/i3D,4D,5D,8D,9D,11D,12D,15D,16D. The molecule has 198 valence electrons. The minimum Gasteiger partial charge on any atom is -0.458 e. The zero-order valence-electron chi connectivity index (χ0n) is 31.9.